The monoisotopic (exact) mass is 418 g/mol. The van der Waals surface area contributed by atoms with Crippen LogP contribution in [0.15, 0.2) is 51.9 Å². The van der Waals surface area contributed by atoms with Crippen LogP contribution in [0.4, 0.5) is 14.5 Å². The highest BCUT2D eigenvalue weighted by Crippen LogP contribution is 2.21. The van der Waals surface area contributed by atoms with Crippen molar-refractivity contribution in [1.82, 2.24) is 5.32 Å². The Balaban J connectivity index is 1.77. The quantitative estimate of drug-likeness (QED) is 0.678. The van der Waals surface area contributed by atoms with Crippen LogP contribution in [0.2, 0.25) is 5.02 Å². The SMILES string of the molecule is O=C(NC[C@@H]1CCCO1)c1cc2cc(Cl)ccc2oc1=Nc1cc(F)cc(F)c1. The third kappa shape index (κ3) is 4.63. The second kappa shape index (κ2) is 8.31. The third-order valence-corrected chi connectivity index (χ3v) is 4.78. The second-order valence-electron chi connectivity index (χ2n) is 6.73. The summed E-state index contributed by atoms with van der Waals surface area (Å²) in [5.41, 5.74) is 0.491. The minimum atomic E-state index is -0.777. The van der Waals surface area contributed by atoms with Gasteiger partial charge in [0.1, 0.15) is 22.8 Å². The van der Waals surface area contributed by atoms with Crippen LogP contribution >= 0.6 is 11.6 Å². The zero-order valence-electron chi connectivity index (χ0n) is 15.3. The van der Waals surface area contributed by atoms with E-state index in [-0.39, 0.29) is 22.9 Å². The Morgan fingerprint density at radius 2 is 1.97 bits per heavy atom. The number of rotatable bonds is 4. The first-order valence-electron chi connectivity index (χ1n) is 9.12. The molecule has 1 fully saturated rings. The van der Waals surface area contributed by atoms with Crippen LogP contribution in [0.5, 0.6) is 0 Å². The first kappa shape index (κ1) is 19.5. The molecule has 2 heterocycles. The van der Waals surface area contributed by atoms with Crippen molar-refractivity contribution in [3.05, 3.63) is 70.2 Å². The van der Waals surface area contributed by atoms with Crippen molar-refractivity contribution >= 4 is 34.2 Å². The van der Waals surface area contributed by atoms with Crippen LogP contribution in [-0.2, 0) is 4.74 Å². The van der Waals surface area contributed by atoms with Gasteiger partial charge in [-0.05, 0) is 49.2 Å². The minimum Gasteiger partial charge on any atom is -0.438 e. The molecule has 1 aromatic heterocycles. The number of carbonyl (C=O) groups excluding carboxylic acids is 1. The maximum Gasteiger partial charge on any atom is 0.256 e. The molecule has 1 aliphatic heterocycles. The topological polar surface area (TPSA) is 63.8 Å². The summed E-state index contributed by atoms with van der Waals surface area (Å²) in [7, 11) is 0. The third-order valence-electron chi connectivity index (χ3n) is 4.55. The number of ether oxygens (including phenoxy) is 1. The number of amides is 1. The zero-order valence-corrected chi connectivity index (χ0v) is 16.0. The van der Waals surface area contributed by atoms with E-state index in [0.717, 1.165) is 31.0 Å². The molecule has 1 aliphatic rings. The van der Waals surface area contributed by atoms with Crippen LogP contribution < -0.4 is 10.9 Å². The lowest BCUT2D eigenvalue weighted by Crippen LogP contribution is -2.34. The van der Waals surface area contributed by atoms with Gasteiger partial charge in [0.2, 0.25) is 5.55 Å². The van der Waals surface area contributed by atoms with E-state index in [1.54, 1.807) is 24.3 Å². The minimum absolute atomic E-state index is 0.00672. The Kier molecular flexibility index (Phi) is 5.60. The molecule has 0 bridgehead atoms. The van der Waals surface area contributed by atoms with Crippen molar-refractivity contribution in [2.75, 3.05) is 13.2 Å². The van der Waals surface area contributed by atoms with Gasteiger partial charge in [-0.25, -0.2) is 13.8 Å². The van der Waals surface area contributed by atoms with E-state index < -0.39 is 17.5 Å². The van der Waals surface area contributed by atoms with Gasteiger partial charge >= 0.3 is 0 Å². The molecule has 0 radical (unpaired) electrons. The maximum absolute atomic E-state index is 13.5. The van der Waals surface area contributed by atoms with Crippen molar-refractivity contribution in [3.63, 3.8) is 0 Å². The van der Waals surface area contributed by atoms with Crippen LogP contribution in [0.3, 0.4) is 0 Å². The lowest BCUT2D eigenvalue weighted by Gasteiger charge is -2.11. The molecular formula is C21H17ClF2N2O3. The van der Waals surface area contributed by atoms with Crippen LogP contribution in [0.25, 0.3) is 11.0 Å². The molecule has 0 saturated carbocycles. The van der Waals surface area contributed by atoms with Crippen molar-refractivity contribution in [2.45, 2.75) is 18.9 Å². The second-order valence-corrected chi connectivity index (χ2v) is 7.17. The zero-order chi connectivity index (χ0) is 20.4. The first-order chi connectivity index (χ1) is 14.0. The van der Waals surface area contributed by atoms with E-state index in [1.165, 1.54) is 0 Å². The fourth-order valence-electron chi connectivity index (χ4n) is 3.18. The van der Waals surface area contributed by atoms with Gasteiger partial charge in [0.25, 0.3) is 5.91 Å². The van der Waals surface area contributed by atoms with Gasteiger partial charge < -0.3 is 14.5 Å². The highest BCUT2D eigenvalue weighted by molar-refractivity contribution is 6.31. The number of carbonyl (C=O) groups is 1. The Hall–Kier alpha value is -2.77. The first-order valence-corrected chi connectivity index (χ1v) is 9.50. The molecule has 0 aliphatic carbocycles. The summed E-state index contributed by atoms with van der Waals surface area (Å²) < 4.78 is 38.4. The van der Waals surface area contributed by atoms with Crippen molar-refractivity contribution in [1.29, 1.82) is 0 Å². The van der Waals surface area contributed by atoms with Crippen molar-refractivity contribution in [2.24, 2.45) is 4.99 Å². The Morgan fingerprint density at radius 1 is 1.17 bits per heavy atom. The smallest absolute Gasteiger partial charge is 0.256 e. The van der Waals surface area contributed by atoms with Gasteiger partial charge in [-0.15, -0.1) is 0 Å². The number of nitrogens with one attached hydrogen (secondary N) is 1. The average molecular weight is 419 g/mol. The van der Waals surface area contributed by atoms with Crippen molar-refractivity contribution in [3.8, 4) is 0 Å². The molecule has 1 saturated heterocycles. The molecule has 29 heavy (non-hydrogen) atoms. The van der Waals surface area contributed by atoms with Crippen LogP contribution in [-0.4, -0.2) is 25.2 Å². The average Bonchev–Trinajstić information content (AvgIpc) is 3.18. The fourth-order valence-corrected chi connectivity index (χ4v) is 3.36. The molecule has 150 valence electrons. The van der Waals surface area contributed by atoms with E-state index in [2.05, 4.69) is 10.3 Å². The van der Waals surface area contributed by atoms with Gasteiger partial charge in [0.15, 0.2) is 0 Å². The largest absolute Gasteiger partial charge is 0.438 e. The molecule has 5 nitrogen and oxygen atoms in total. The lowest BCUT2D eigenvalue weighted by molar-refractivity contribution is 0.0854. The molecule has 8 heteroatoms. The standard InChI is InChI=1S/C21H17ClF2N2O3/c22-13-3-4-19-12(6-13)7-18(20(27)25-11-17-2-1-5-28-17)21(29-19)26-16-9-14(23)8-15(24)10-16/h3-4,6-10,17H,1-2,5,11H2,(H,25,27)/t17-/m0/s1. The lowest BCUT2D eigenvalue weighted by atomic mass is 10.1. The van der Waals surface area contributed by atoms with E-state index in [9.17, 15) is 13.6 Å². The summed E-state index contributed by atoms with van der Waals surface area (Å²) >= 11 is 6.04. The molecular weight excluding hydrogens is 402 g/mol. The molecule has 0 spiro atoms. The number of halogens is 3. The predicted octanol–water partition coefficient (Wildman–Crippen LogP) is 4.51. The van der Waals surface area contributed by atoms with E-state index in [0.29, 0.717) is 29.1 Å². The number of hydrogen-bond donors (Lipinski definition) is 1. The molecule has 2 aromatic carbocycles. The predicted molar refractivity (Wildman–Crippen MR) is 104 cm³/mol. The molecule has 1 amide bonds. The van der Waals surface area contributed by atoms with Crippen molar-refractivity contribution < 1.29 is 22.7 Å². The Morgan fingerprint density at radius 3 is 2.69 bits per heavy atom. The Bertz CT molecular complexity index is 1120. The normalized spacial score (nSPS) is 17.1. The van der Waals surface area contributed by atoms with Crippen LogP contribution in [0.1, 0.15) is 23.2 Å². The molecule has 0 unspecified atom stereocenters. The van der Waals surface area contributed by atoms with E-state index in [4.69, 9.17) is 20.8 Å². The van der Waals surface area contributed by atoms with Gasteiger partial charge in [-0.1, -0.05) is 11.6 Å². The number of hydrogen-bond acceptors (Lipinski definition) is 4. The molecule has 1 N–H and O–H groups in total. The number of benzene rings is 2. The highest BCUT2D eigenvalue weighted by atomic mass is 35.5. The fraction of sp³-hybridized carbons (Fsp3) is 0.238. The van der Waals surface area contributed by atoms with E-state index >= 15 is 0 Å². The summed E-state index contributed by atoms with van der Waals surface area (Å²) in [5, 5.41) is 3.89. The van der Waals surface area contributed by atoms with Crippen LogP contribution in [0, 0.1) is 11.6 Å². The number of fused-ring (bicyclic) bond motifs is 1. The molecule has 3 aromatic rings. The van der Waals surface area contributed by atoms with Gasteiger partial charge in [-0.2, -0.15) is 0 Å². The summed E-state index contributed by atoms with van der Waals surface area (Å²) in [6, 6.07) is 9.37. The molecule has 4 rings (SSSR count). The number of nitrogens with zero attached hydrogens (tertiary/aromatic N) is 1. The highest BCUT2D eigenvalue weighted by Gasteiger charge is 2.18. The summed E-state index contributed by atoms with van der Waals surface area (Å²) in [4.78, 5) is 17.0. The van der Waals surface area contributed by atoms with Gasteiger partial charge in [0, 0.05) is 29.6 Å². The Labute approximate surface area is 170 Å². The van der Waals surface area contributed by atoms with Gasteiger partial charge in [-0.3, -0.25) is 4.79 Å². The maximum atomic E-state index is 13.5. The molecule has 1 atom stereocenters. The summed E-state index contributed by atoms with van der Waals surface area (Å²) in [6.45, 7) is 1.02. The van der Waals surface area contributed by atoms with Gasteiger partial charge in [0.05, 0.1) is 11.8 Å². The summed E-state index contributed by atoms with van der Waals surface area (Å²) in [5.74, 6) is -1.98. The van der Waals surface area contributed by atoms with E-state index in [1.807, 2.05) is 0 Å². The summed E-state index contributed by atoms with van der Waals surface area (Å²) in [6.07, 6.45) is 1.79.